The van der Waals surface area contributed by atoms with E-state index in [0.717, 1.165) is 19.5 Å². The van der Waals surface area contributed by atoms with E-state index in [4.69, 9.17) is 4.74 Å². The van der Waals surface area contributed by atoms with Crippen molar-refractivity contribution in [3.8, 4) is 0 Å². The molecule has 2 nitrogen and oxygen atoms in total. The molecular formula is C14H21NO. The maximum atomic E-state index is 6.24. The van der Waals surface area contributed by atoms with Gasteiger partial charge in [-0.05, 0) is 18.9 Å². The van der Waals surface area contributed by atoms with E-state index in [-0.39, 0.29) is 11.7 Å². The van der Waals surface area contributed by atoms with Gasteiger partial charge in [-0.1, -0.05) is 43.7 Å². The second kappa shape index (κ2) is 4.98. The minimum atomic E-state index is -0.00644. The Morgan fingerprint density at radius 3 is 2.81 bits per heavy atom. The van der Waals surface area contributed by atoms with Crippen molar-refractivity contribution < 1.29 is 4.74 Å². The van der Waals surface area contributed by atoms with Crippen LogP contribution in [0.25, 0.3) is 0 Å². The predicted octanol–water partition coefficient (Wildman–Crippen LogP) is 2.91. The molecule has 1 fully saturated rings. The zero-order valence-electron chi connectivity index (χ0n) is 10.2. The fourth-order valence-corrected chi connectivity index (χ4v) is 2.42. The molecule has 1 heterocycles. The molecule has 16 heavy (non-hydrogen) atoms. The van der Waals surface area contributed by atoms with Crippen LogP contribution in [-0.2, 0) is 4.74 Å². The molecule has 0 bridgehead atoms. The summed E-state index contributed by atoms with van der Waals surface area (Å²) in [6, 6.07) is 10.5. The fourth-order valence-electron chi connectivity index (χ4n) is 2.42. The number of rotatable bonds is 3. The Labute approximate surface area is 98.0 Å². The normalized spacial score (nSPS) is 30.2. The molecule has 0 radical (unpaired) electrons. The lowest BCUT2D eigenvalue weighted by molar-refractivity contribution is -0.112. The van der Waals surface area contributed by atoms with Crippen molar-refractivity contribution >= 4 is 0 Å². The topological polar surface area (TPSA) is 21.3 Å². The average Bonchev–Trinajstić information content (AvgIpc) is 2.30. The maximum Gasteiger partial charge on any atom is 0.0957 e. The van der Waals surface area contributed by atoms with E-state index in [9.17, 15) is 0 Å². The summed E-state index contributed by atoms with van der Waals surface area (Å²) < 4.78 is 6.24. The molecule has 1 aromatic carbocycles. The molecule has 1 N–H and O–H groups in total. The van der Waals surface area contributed by atoms with E-state index < -0.39 is 0 Å². The van der Waals surface area contributed by atoms with Gasteiger partial charge in [-0.3, -0.25) is 0 Å². The summed E-state index contributed by atoms with van der Waals surface area (Å²) in [6.07, 6.45) is 2.48. The van der Waals surface area contributed by atoms with Gasteiger partial charge < -0.3 is 10.1 Å². The van der Waals surface area contributed by atoms with Crippen LogP contribution in [0.3, 0.4) is 0 Å². The average molecular weight is 219 g/mol. The summed E-state index contributed by atoms with van der Waals surface area (Å²) in [5.74, 6) is 0. The third kappa shape index (κ3) is 2.63. The van der Waals surface area contributed by atoms with Crippen LogP contribution in [0.2, 0.25) is 0 Å². The third-order valence-electron chi connectivity index (χ3n) is 3.21. The zero-order chi connectivity index (χ0) is 11.4. The van der Waals surface area contributed by atoms with Crippen molar-refractivity contribution in [2.45, 2.75) is 38.4 Å². The molecule has 0 spiro atoms. The first kappa shape index (κ1) is 11.6. The van der Waals surface area contributed by atoms with Crippen molar-refractivity contribution in [3.63, 3.8) is 0 Å². The summed E-state index contributed by atoms with van der Waals surface area (Å²) >= 11 is 0. The molecule has 1 aromatic rings. The summed E-state index contributed by atoms with van der Waals surface area (Å²) in [5, 5.41) is 3.48. The molecule has 1 aliphatic rings. The van der Waals surface area contributed by atoms with E-state index >= 15 is 0 Å². The van der Waals surface area contributed by atoms with Crippen LogP contribution in [-0.4, -0.2) is 18.7 Å². The Hall–Kier alpha value is -0.860. The van der Waals surface area contributed by atoms with Gasteiger partial charge in [0, 0.05) is 13.1 Å². The SMILES string of the molecule is CCCC1(C)CNCC(c2ccccc2)O1. The van der Waals surface area contributed by atoms with E-state index in [1.807, 2.05) is 6.07 Å². The Balaban J connectivity index is 2.07. The Kier molecular flexibility index (Phi) is 3.62. The summed E-state index contributed by atoms with van der Waals surface area (Å²) in [7, 11) is 0. The van der Waals surface area contributed by atoms with Gasteiger partial charge in [0.2, 0.25) is 0 Å². The molecule has 2 heteroatoms. The minimum absolute atomic E-state index is 0.00644. The lowest BCUT2D eigenvalue weighted by atomic mass is 9.96. The van der Waals surface area contributed by atoms with Crippen molar-refractivity contribution in [2.24, 2.45) is 0 Å². The maximum absolute atomic E-state index is 6.24. The van der Waals surface area contributed by atoms with Crippen molar-refractivity contribution in [3.05, 3.63) is 35.9 Å². The quantitative estimate of drug-likeness (QED) is 0.844. The van der Waals surface area contributed by atoms with Gasteiger partial charge in [-0.2, -0.15) is 0 Å². The highest BCUT2D eigenvalue weighted by Crippen LogP contribution is 2.29. The van der Waals surface area contributed by atoms with Crippen molar-refractivity contribution in [1.29, 1.82) is 0 Å². The Morgan fingerprint density at radius 1 is 1.38 bits per heavy atom. The highest BCUT2D eigenvalue weighted by atomic mass is 16.5. The first-order valence-electron chi connectivity index (χ1n) is 6.17. The van der Waals surface area contributed by atoms with E-state index in [0.29, 0.717) is 0 Å². The number of hydrogen-bond donors (Lipinski definition) is 1. The molecule has 88 valence electrons. The van der Waals surface area contributed by atoms with Crippen LogP contribution >= 0.6 is 0 Å². The van der Waals surface area contributed by atoms with E-state index in [1.54, 1.807) is 0 Å². The smallest absolute Gasteiger partial charge is 0.0957 e. The van der Waals surface area contributed by atoms with Crippen LogP contribution < -0.4 is 5.32 Å². The van der Waals surface area contributed by atoms with Crippen LogP contribution in [0.4, 0.5) is 0 Å². The van der Waals surface area contributed by atoms with Gasteiger partial charge in [0.05, 0.1) is 11.7 Å². The summed E-state index contributed by atoms with van der Waals surface area (Å²) in [5.41, 5.74) is 1.27. The third-order valence-corrected chi connectivity index (χ3v) is 3.21. The molecule has 2 unspecified atom stereocenters. The van der Waals surface area contributed by atoms with Gasteiger partial charge in [-0.15, -0.1) is 0 Å². The van der Waals surface area contributed by atoms with Crippen molar-refractivity contribution in [2.75, 3.05) is 13.1 Å². The lowest BCUT2D eigenvalue weighted by Crippen LogP contribution is -2.48. The summed E-state index contributed by atoms with van der Waals surface area (Å²) in [6.45, 7) is 6.30. The van der Waals surface area contributed by atoms with Gasteiger partial charge in [0.25, 0.3) is 0 Å². The number of nitrogens with one attached hydrogen (secondary N) is 1. The Bertz CT molecular complexity index is 321. The van der Waals surface area contributed by atoms with Gasteiger partial charge in [-0.25, -0.2) is 0 Å². The predicted molar refractivity (Wildman–Crippen MR) is 66.5 cm³/mol. The molecule has 1 aliphatic heterocycles. The number of morpholine rings is 1. The van der Waals surface area contributed by atoms with Crippen LogP contribution in [0.5, 0.6) is 0 Å². The Morgan fingerprint density at radius 2 is 2.12 bits per heavy atom. The van der Waals surface area contributed by atoms with Crippen LogP contribution in [0, 0.1) is 0 Å². The first-order chi connectivity index (χ1) is 7.73. The zero-order valence-corrected chi connectivity index (χ0v) is 10.2. The molecule has 2 rings (SSSR count). The molecule has 0 saturated carbocycles. The van der Waals surface area contributed by atoms with Crippen LogP contribution in [0.15, 0.2) is 30.3 Å². The number of hydrogen-bond acceptors (Lipinski definition) is 2. The fraction of sp³-hybridized carbons (Fsp3) is 0.571. The minimum Gasteiger partial charge on any atom is -0.365 e. The highest BCUT2D eigenvalue weighted by molar-refractivity contribution is 5.18. The molecular weight excluding hydrogens is 198 g/mol. The number of benzene rings is 1. The van der Waals surface area contributed by atoms with E-state index in [1.165, 1.54) is 12.0 Å². The number of ether oxygens (including phenoxy) is 1. The first-order valence-corrected chi connectivity index (χ1v) is 6.17. The highest BCUT2D eigenvalue weighted by Gasteiger charge is 2.32. The molecule has 0 aromatic heterocycles. The molecule has 1 saturated heterocycles. The van der Waals surface area contributed by atoms with Crippen LogP contribution in [0.1, 0.15) is 38.4 Å². The monoisotopic (exact) mass is 219 g/mol. The second-order valence-electron chi connectivity index (χ2n) is 4.85. The largest absolute Gasteiger partial charge is 0.365 e. The van der Waals surface area contributed by atoms with Gasteiger partial charge in [0.1, 0.15) is 0 Å². The van der Waals surface area contributed by atoms with Gasteiger partial charge >= 0.3 is 0 Å². The lowest BCUT2D eigenvalue weighted by Gasteiger charge is -2.39. The standard InChI is InChI=1S/C14H21NO/c1-3-9-14(2)11-15-10-13(16-14)12-7-5-4-6-8-12/h4-8,13,15H,3,9-11H2,1-2H3. The second-order valence-corrected chi connectivity index (χ2v) is 4.85. The van der Waals surface area contributed by atoms with E-state index in [2.05, 4.69) is 43.4 Å². The van der Waals surface area contributed by atoms with Gasteiger partial charge in [0.15, 0.2) is 0 Å². The van der Waals surface area contributed by atoms with Crippen molar-refractivity contribution in [1.82, 2.24) is 5.32 Å². The molecule has 0 amide bonds. The molecule has 2 atom stereocenters. The molecule has 0 aliphatic carbocycles. The summed E-state index contributed by atoms with van der Waals surface area (Å²) in [4.78, 5) is 0.